The Balaban J connectivity index is 2.16. The van der Waals surface area contributed by atoms with E-state index in [1.807, 2.05) is 0 Å². The lowest BCUT2D eigenvalue weighted by molar-refractivity contribution is -0.138. The Labute approximate surface area is 118 Å². The van der Waals surface area contributed by atoms with E-state index in [1.54, 1.807) is 29.2 Å². The standard InChI is InChI=1S/C16H16NO3/c1-2-12-6-8-13(9-7-12)16(20)17-10-4-3-5-14(17)11-15(18)19/h6-9,14H,3-5,10-11H2,(H,18,19). The van der Waals surface area contributed by atoms with Crippen molar-refractivity contribution in [1.82, 2.24) is 4.90 Å². The van der Waals surface area contributed by atoms with Crippen molar-refractivity contribution in [3.05, 3.63) is 41.8 Å². The molecular formula is C16H16NO3. The predicted molar refractivity (Wildman–Crippen MR) is 73.6 cm³/mol. The summed E-state index contributed by atoms with van der Waals surface area (Å²) in [4.78, 5) is 25.0. The van der Waals surface area contributed by atoms with E-state index in [0.717, 1.165) is 19.3 Å². The molecule has 0 spiro atoms. The lowest BCUT2D eigenvalue weighted by Crippen LogP contribution is -2.44. The van der Waals surface area contributed by atoms with Gasteiger partial charge in [-0.1, -0.05) is 5.92 Å². The fourth-order valence-corrected chi connectivity index (χ4v) is 2.54. The molecule has 20 heavy (non-hydrogen) atoms. The third-order valence-corrected chi connectivity index (χ3v) is 3.57. The Kier molecular flexibility index (Phi) is 4.41. The van der Waals surface area contributed by atoms with Crippen molar-refractivity contribution in [2.75, 3.05) is 6.54 Å². The first-order valence-electron chi connectivity index (χ1n) is 6.67. The number of amides is 1. The van der Waals surface area contributed by atoms with Crippen LogP contribution in [0.3, 0.4) is 0 Å². The molecule has 1 fully saturated rings. The largest absolute Gasteiger partial charge is 0.481 e. The van der Waals surface area contributed by atoms with Crippen molar-refractivity contribution in [1.29, 1.82) is 0 Å². The number of carboxylic acid groups (broad SMARTS) is 1. The van der Waals surface area contributed by atoms with Gasteiger partial charge in [0.25, 0.3) is 5.91 Å². The third-order valence-electron chi connectivity index (χ3n) is 3.57. The van der Waals surface area contributed by atoms with Gasteiger partial charge in [-0.05, 0) is 50.0 Å². The SMILES string of the molecule is [C]#Cc1ccc(C(=O)N2CCCCC2CC(=O)O)cc1. The van der Waals surface area contributed by atoms with Crippen molar-refractivity contribution in [3.63, 3.8) is 0 Å². The molecule has 1 amide bonds. The highest BCUT2D eigenvalue weighted by Gasteiger charge is 2.28. The number of nitrogens with zero attached hydrogens (tertiary/aromatic N) is 1. The van der Waals surface area contributed by atoms with Crippen LogP contribution in [0.2, 0.25) is 0 Å². The lowest BCUT2D eigenvalue weighted by atomic mass is 9.98. The fourth-order valence-electron chi connectivity index (χ4n) is 2.54. The second-order valence-corrected chi connectivity index (χ2v) is 4.95. The summed E-state index contributed by atoms with van der Waals surface area (Å²) in [6.45, 7) is 0.606. The lowest BCUT2D eigenvalue weighted by Gasteiger charge is -2.35. The Morgan fingerprint density at radius 1 is 1.30 bits per heavy atom. The molecule has 1 aliphatic rings. The first-order valence-corrected chi connectivity index (χ1v) is 6.67. The van der Waals surface area contributed by atoms with E-state index in [0.29, 0.717) is 17.7 Å². The van der Waals surface area contributed by atoms with Gasteiger partial charge in [0.05, 0.1) is 6.42 Å². The van der Waals surface area contributed by atoms with E-state index in [9.17, 15) is 9.59 Å². The van der Waals surface area contributed by atoms with Gasteiger partial charge in [0.2, 0.25) is 0 Å². The minimum atomic E-state index is -0.872. The molecule has 0 saturated carbocycles. The van der Waals surface area contributed by atoms with Crippen LogP contribution in [0.1, 0.15) is 41.6 Å². The number of aliphatic carboxylic acids is 1. The maximum atomic E-state index is 12.5. The molecule has 0 aliphatic carbocycles. The summed E-state index contributed by atoms with van der Waals surface area (Å²) in [6.07, 6.45) is 9.63. The smallest absolute Gasteiger partial charge is 0.305 e. The van der Waals surface area contributed by atoms with Gasteiger partial charge in [-0.3, -0.25) is 9.59 Å². The number of carbonyl (C=O) groups is 2. The Morgan fingerprint density at radius 3 is 2.60 bits per heavy atom. The normalized spacial score (nSPS) is 18.4. The van der Waals surface area contributed by atoms with Crippen LogP contribution in [0.25, 0.3) is 0 Å². The average molecular weight is 270 g/mol. The monoisotopic (exact) mass is 270 g/mol. The summed E-state index contributed by atoms with van der Waals surface area (Å²) >= 11 is 0. The first kappa shape index (κ1) is 14.1. The van der Waals surface area contributed by atoms with Crippen molar-refractivity contribution in [2.45, 2.75) is 31.7 Å². The minimum absolute atomic E-state index is 0.00189. The van der Waals surface area contributed by atoms with Crippen LogP contribution in [0.5, 0.6) is 0 Å². The maximum absolute atomic E-state index is 12.5. The first-order chi connectivity index (χ1) is 9.61. The molecule has 1 N–H and O–H groups in total. The Morgan fingerprint density at radius 2 is 2.00 bits per heavy atom. The molecule has 1 saturated heterocycles. The topological polar surface area (TPSA) is 57.6 Å². The summed E-state index contributed by atoms with van der Waals surface area (Å²) in [5.74, 6) is 1.25. The van der Waals surface area contributed by atoms with Crippen LogP contribution in [0.15, 0.2) is 24.3 Å². The second-order valence-electron chi connectivity index (χ2n) is 4.95. The highest BCUT2D eigenvalue weighted by atomic mass is 16.4. The molecule has 0 bridgehead atoms. The number of hydrogen-bond donors (Lipinski definition) is 1. The van der Waals surface area contributed by atoms with Crippen LogP contribution in [-0.2, 0) is 4.79 Å². The van der Waals surface area contributed by atoms with Gasteiger partial charge >= 0.3 is 5.97 Å². The molecule has 1 aromatic carbocycles. The van der Waals surface area contributed by atoms with Crippen LogP contribution in [-0.4, -0.2) is 34.5 Å². The summed E-state index contributed by atoms with van der Waals surface area (Å²) in [6, 6.07) is 6.42. The summed E-state index contributed by atoms with van der Waals surface area (Å²) in [5, 5.41) is 8.94. The minimum Gasteiger partial charge on any atom is -0.481 e. The molecule has 1 unspecified atom stereocenters. The van der Waals surface area contributed by atoms with Crippen LogP contribution < -0.4 is 0 Å². The average Bonchev–Trinajstić information content (AvgIpc) is 2.46. The number of hydrogen-bond acceptors (Lipinski definition) is 2. The van der Waals surface area contributed by atoms with Gasteiger partial charge in [-0.25, -0.2) is 0 Å². The predicted octanol–water partition coefficient (Wildman–Crippen LogP) is 2.09. The van der Waals surface area contributed by atoms with E-state index in [4.69, 9.17) is 11.5 Å². The van der Waals surface area contributed by atoms with Crippen LogP contribution >= 0.6 is 0 Å². The van der Waals surface area contributed by atoms with Crippen molar-refractivity contribution < 1.29 is 14.7 Å². The van der Waals surface area contributed by atoms with Gasteiger partial charge < -0.3 is 10.0 Å². The Bertz CT molecular complexity index is 542. The van der Waals surface area contributed by atoms with Crippen LogP contribution in [0.4, 0.5) is 0 Å². The van der Waals surface area contributed by atoms with Crippen molar-refractivity contribution in [2.24, 2.45) is 0 Å². The molecule has 1 aromatic rings. The molecule has 103 valence electrons. The highest BCUT2D eigenvalue weighted by molar-refractivity contribution is 5.94. The van der Waals surface area contributed by atoms with E-state index < -0.39 is 5.97 Å². The molecule has 1 atom stereocenters. The van der Waals surface area contributed by atoms with E-state index in [-0.39, 0.29) is 18.4 Å². The number of benzene rings is 1. The fraction of sp³-hybridized carbons (Fsp3) is 0.375. The number of rotatable bonds is 3. The molecule has 1 aliphatic heterocycles. The summed E-state index contributed by atoms with van der Waals surface area (Å²) in [5.41, 5.74) is 1.14. The van der Waals surface area contributed by atoms with Gasteiger partial charge in [-0.15, -0.1) is 0 Å². The van der Waals surface area contributed by atoms with E-state index in [1.165, 1.54) is 0 Å². The third kappa shape index (κ3) is 3.18. The van der Waals surface area contributed by atoms with Crippen molar-refractivity contribution >= 4 is 11.9 Å². The zero-order chi connectivity index (χ0) is 14.5. The van der Waals surface area contributed by atoms with Gasteiger partial charge in [0, 0.05) is 23.7 Å². The number of carbonyl (C=O) groups excluding carboxylic acids is 1. The summed E-state index contributed by atoms with van der Waals surface area (Å²) in [7, 11) is 0. The molecule has 1 heterocycles. The van der Waals surface area contributed by atoms with E-state index in [2.05, 4.69) is 5.92 Å². The molecule has 2 rings (SSSR count). The van der Waals surface area contributed by atoms with Crippen molar-refractivity contribution in [3.8, 4) is 5.92 Å². The van der Waals surface area contributed by atoms with E-state index >= 15 is 0 Å². The quantitative estimate of drug-likeness (QED) is 0.856. The molecule has 1 radical (unpaired) electrons. The van der Waals surface area contributed by atoms with Gasteiger partial charge in [-0.2, -0.15) is 0 Å². The molecule has 4 heteroatoms. The number of carboxylic acids is 1. The van der Waals surface area contributed by atoms with Crippen LogP contribution in [0, 0.1) is 12.3 Å². The summed E-state index contributed by atoms with van der Waals surface area (Å²) < 4.78 is 0. The Hall–Kier alpha value is -2.28. The number of piperidine rings is 1. The highest BCUT2D eigenvalue weighted by Crippen LogP contribution is 2.22. The van der Waals surface area contributed by atoms with Gasteiger partial charge in [0.15, 0.2) is 0 Å². The molecular weight excluding hydrogens is 254 g/mol. The van der Waals surface area contributed by atoms with Gasteiger partial charge in [0.1, 0.15) is 0 Å². The molecule has 4 nitrogen and oxygen atoms in total. The molecule has 0 aromatic heterocycles. The zero-order valence-corrected chi connectivity index (χ0v) is 11.1. The number of likely N-dealkylation sites (tertiary alicyclic amines) is 1. The second kappa shape index (κ2) is 6.25. The zero-order valence-electron chi connectivity index (χ0n) is 11.1. The maximum Gasteiger partial charge on any atom is 0.305 e.